The summed E-state index contributed by atoms with van der Waals surface area (Å²) in [6, 6.07) is 7.89. The van der Waals surface area contributed by atoms with Gasteiger partial charge in [-0.25, -0.2) is 0 Å². The molecule has 1 aromatic rings. The van der Waals surface area contributed by atoms with Crippen molar-refractivity contribution in [1.29, 1.82) is 0 Å². The van der Waals surface area contributed by atoms with Gasteiger partial charge in [-0.15, -0.1) is 0 Å². The number of benzene rings is 1. The van der Waals surface area contributed by atoms with Crippen molar-refractivity contribution in [3.05, 3.63) is 35.4 Å². The van der Waals surface area contributed by atoms with Crippen molar-refractivity contribution >= 4 is 11.8 Å². The molecular weight excluding hydrogens is 302 g/mol. The highest BCUT2D eigenvalue weighted by Gasteiger charge is 2.33. The van der Waals surface area contributed by atoms with E-state index < -0.39 is 0 Å². The van der Waals surface area contributed by atoms with Gasteiger partial charge in [-0.3, -0.25) is 14.5 Å². The number of nitrogens with one attached hydrogen (secondary N) is 1. The molecule has 0 aromatic heterocycles. The topological polar surface area (TPSA) is 52.7 Å². The Bertz CT molecular complexity index is 596. The quantitative estimate of drug-likeness (QED) is 0.915. The van der Waals surface area contributed by atoms with Crippen LogP contribution in [0.25, 0.3) is 0 Å². The third-order valence-electron chi connectivity index (χ3n) is 5.15. The molecular formula is C19H27N3O2. The first-order valence-electron chi connectivity index (χ1n) is 8.99. The Morgan fingerprint density at radius 3 is 2.67 bits per heavy atom. The number of carbonyl (C=O) groups excluding carboxylic acids is 2. The standard InChI is InChI=1S/C19H27N3O2/c1-15-7-3-4-8-16(15)14-22-12-9-20-19(24)17(22)13-18(23)21-10-5-2-6-11-21/h3-4,7-8,17H,2,5-6,9-14H2,1H3,(H,20,24). The second kappa shape index (κ2) is 7.79. The number of amides is 2. The Morgan fingerprint density at radius 1 is 1.17 bits per heavy atom. The molecule has 2 fully saturated rings. The van der Waals surface area contributed by atoms with Crippen LogP contribution in [0.15, 0.2) is 24.3 Å². The van der Waals surface area contributed by atoms with Crippen LogP contribution < -0.4 is 5.32 Å². The number of hydrogen-bond donors (Lipinski definition) is 1. The maximum atomic E-state index is 12.6. The van der Waals surface area contributed by atoms with Crippen LogP contribution >= 0.6 is 0 Å². The van der Waals surface area contributed by atoms with Crippen LogP contribution in [0.4, 0.5) is 0 Å². The average molecular weight is 329 g/mol. The first kappa shape index (κ1) is 17.0. The van der Waals surface area contributed by atoms with E-state index >= 15 is 0 Å². The minimum absolute atomic E-state index is 0.0137. The predicted octanol–water partition coefficient (Wildman–Crippen LogP) is 1.70. The fourth-order valence-electron chi connectivity index (χ4n) is 3.62. The number of piperazine rings is 1. The maximum Gasteiger partial charge on any atom is 0.237 e. The zero-order chi connectivity index (χ0) is 16.9. The highest BCUT2D eigenvalue weighted by atomic mass is 16.2. The number of hydrogen-bond acceptors (Lipinski definition) is 3. The van der Waals surface area contributed by atoms with Crippen LogP contribution in [-0.2, 0) is 16.1 Å². The summed E-state index contributed by atoms with van der Waals surface area (Å²) >= 11 is 0. The SMILES string of the molecule is Cc1ccccc1CN1CCNC(=O)C1CC(=O)N1CCCCC1. The van der Waals surface area contributed by atoms with Gasteiger partial charge in [-0.2, -0.15) is 0 Å². The van der Waals surface area contributed by atoms with Crippen molar-refractivity contribution in [3.63, 3.8) is 0 Å². The lowest BCUT2D eigenvalue weighted by atomic mass is 10.0. The van der Waals surface area contributed by atoms with Gasteiger partial charge in [0.05, 0.1) is 12.5 Å². The van der Waals surface area contributed by atoms with E-state index in [1.807, 2.05) is 17.0 Å². The number of carbonyl (C=O) groups is 2. The van der Waals surface area contributed by atoms with Gasteiger partial charge in [0.2, 0.25) is 11.8 Å². The molecule has 5 heteroatoms. The Kier molecular flexibility index (Phi) is 5.51. The minimum Gasteiger partial charge on any atom is -0.353 e. The smallest absolute Gasteiger partial charge is 0.237 e. The third kappa shape index (κ3) is 3.96. The molecule has 0 bridgehead atoms. The van der Waals surface area contributed by atoms with Gasteiger partial charge in [-0.05, 0) is 37.3 Å². The van der Waals surface area contributed by atoms with E-state index in [4.69, 9.17) is 0 Å². The third-order valence-corrected chi connectivity index (χ3v) is 5.15. The maximum absolute atomic E-state index is 12.6. The van der Waals surface area contributed by atoms with Gasteiger partial charge >= 0.3 is 0 Å². The van der Waals surface area contributed by atoms with Gasteiger partial charge in [-0.1, -0.05) is 24.3 Å². The Morgan fingerprint density at radius 2 is 1.92 bits per heavy atom. The summed E-state index contributed by atoms with van der Waals surface area (Å²) in [5.74, 6) is 0.103. The number of rotatable bonds is 4. The van der Waals surface area contributed by atoms with Crippen LogP contribution in [0.5, 0.6) is 0 Å². The van der Waals surface area contributed by atoms with Crippen LogP contribution in [-0.4, -0.2) is 53.8 Å². The molecule has 2 saturated heterocycles. The van der Waals surface area contributed by atoms with Gasteiger partial charge < -0.3 is 10.2 Å². The number of nitrogens with zero attached hydrogens (tertiary/aromatic N) is 2. The van der Waals surface area contributed by atoms with Gasteiger partial charge in [0.25, 0.3) is 0 Å². The Balaban J connectivity index is 1.68. The molecule has 0 spiro atoms. The van der Waals surface area contributed by atoms with Gasteiger partial charge in [0, 0.05) is 32.7 Å². The molecule has 0 radical (unpaired) electrons. The number of piperidine rings is 1. The Hall–Kier alpha value is -1.88. The molecule has 5 nitrogen and oxygen atoms in total. The lowest BCUT2D eigenvalue weighted by Gasteiger charge is -2.36. The van der Waals surface area contributed by atoms with Crippen molar-refractivity contribution in [1.82, 2.24) is 15.1 Å². The molecule has 2 amide bonds. The van der Waals surface area contributed by atoms with Crippen molar-refractivity contribution in [2.75, 3.05) is 26.2 Å². The molecule has 0 aliphatic carbocycles. The van der Waals surface area contributed by atoms with Crippen molar-refractivity contribution in [2.45, 2.75) is 45.2 Å². The molecule has 1 aromatic carbocycles. The molecule has 1 atom stereocenters. The van der Waals surface area contributed by atoms with E-state index in [0.717, 1.165) is 39.0 Å². The fourth-order valence-corrected chi connectivity index (χ4v) is 3.62. The molecule has 1 unspecified atom stereocenters. The van der Waals surface area contributed by atoms with E-state index in [2.05, 4.69) is 29.3 Å². The molecule has 2 aliphatic rings. The monoisotopic (exact) mass is 329 g/mol. The first-order chi connectivity index (χ1) is 11.6. The zero-order valence-electron chi connectivity index (χ0n) is 14.5. The second-order valence-corrected chi connectivity index (χ2v) is 6.85. The molecule has 130 valence electrons. The molecule has 1 N–H and O–H groups in total. The highest BCUT2D eigenvalue weighted by Crippen LogP contribution is 2.18. The lowest BCUT2D eigenvalue weighted by Crippen LogP contribution is -2.56. The second-order valence-electron chi connectivity index (χ2n) is 6.85. The normalized spacial score (nSPS) is 22.3. The van der Waals surface area contributed by atoms with E-state index in [0.29, 0.717) is 6.54 Å². The largest absolute Gasteiger partial charge is 0.353 e. The predicted molar refractivity (Wildman–Crippen MR) is 93.4 cm³/mol. The molecule has 0 saturated carbocycles. The molecule has 2 aliphatic heterocycles. The van der Waals surface area contributed by atoms with Gasteiger partial charge in [0.15, 0.2) is 0 Å². The fraction of sp³-hybridized carbons (Fsp3) is 0.579. The summed E-state index contributed by atoms with van der Waals surface area (Å²) in [5.41, 5.74) is 2.45. The summed E-state index contributed by atoms with van der Waals surface area (Å²) in [4.78, 5) is 29.1. The zero-order valence-corrected chi connectivity index (χ0v) is 14.5. The molecule has 24 heavy (non-hydrogen) atoms. The summed E-state index contributed by atoms with van der Waals surface area (Å²) < 4.78 is 0. The van der Waals surface area contributed by atoms with Crippen LogP contribution in [0, 0.1) is 6.92 Å². The van der Waals surface area contributed by atoms with E-state index in [1.54, 1.807) is 0 Å². The van der Waals surface area contributed by atoms with E-state index in [1.165, 1.54) is 17.5 Å². The van der Waals surface area contributed by atoms with Crippen molar-refractivity contribution in [2.24, 2.45) is 0 Å². The van der Waals surface area contributed by atoms with Crippen LogP contribution in [0.3, 0.4) is 0 Å². The summed E-state index contributed by atoms with van der Waals surface area (Å²) in [5, 5.41) is 2.92. The molecule has 3 rings (SSSR count). The number of aryl methyl sites for hydroxylation is 1. The van der Waals surface area contributed by atoms with E-state index in [9.17, 15) is 9.59 Å². The molecule has 2 heterocycles. The summed E-state index contributed by atoms with van der Waals surface area (Å²) in [6.07, 6.45) is 3.65. The van der Waals surface area contributed by atoms with E-state index in [-0.39, 0.29) is 24.3 Å². The highest BCUT2D eigenvalue weighted by molar-refractivity contribution is 5.88. The van der Waals surface area contributed by atoms with Crippen LogP contribution in [0.1, 0.15) is 36.8 Å². The summed E-state index contributed by atoms with van der Waals surface area (Å²) in [6.45, 7) is 5.93. The minimum atomic E-state index is -0.354. The van der Waals surface area contributed by atoms with Crippen LogP contribution in [0.2, 0.25) is 0 Å². The first-order valence-corrected chi connectivity index (χ1v) is 8.99. The average Bonchev–Trinajstić information content (AvgIpc) is 2.60. The van der Waals surface area contributed by atoms with Crippen molar-refractivity contribution in [3.8, 4) is 0 Å². The lowest BCUT2D eigenvalue weighted by molar-refractivity contribution is -0.139. The number of likely N-dealkylation sites (tertiary alicyclic amines) is 1. The Labute approximate surface area is 144 Å². The van der Waals surface area contributed by atoms with Crippen molar-refractivity contribution < 1.29 is 9.59 Å². The summed E-state index contributed by atoms with van der Waals surface area (Å²) in [7, 11) is 0. The van der Waals surface area contributed by atoms with Gasteiger partial charge in [0.1, 0.15) is 0 Å².